The molecule has 5 heteroatoms. The Morgan fingerprint density at radius 1 is 1.19 bits per heavy atom. The van der Waals surface area contributed by atoms with Gasteiger partial charge in [-0.15, -0.1) is 0 Å². The minimum atomic E-state index is -3.31. The molecule has 0 amide bonds. The van der Waals surface area contributed by atoms with Gasteiger partial charge in [-0.2, -0.15) is 0 Å². The molecule has 1 rings (SSSR count). The molecule has 0 aliphatic rings. The van der Waals surface area contributed by atoms with Gasteiger partial charge in [0.1, 0.15) is 0 Å². The van der Waals surface area contributed by atoms with E-state index in [0.29, 0.717) is 4.90 Å². The first-order valence-electron chi connectivity index (χ1n) is 5.33. The normalized spacial score (nSPS) is 11.6. The number of benzene rings is 1. The van der Waals surface area contributed by atoms with E-state index < -0.39 is 10.0 Å². The molecule has 90 valence electrons. The lowest BCUT2D eigenvalue weighted by Gasteiger charge is -2.05. The standard InChI is InChI=1S/C11H18N2O2S/c1-3-8-13-9-10-4-6-11(7-5-10)16(14,15)12-2/h4-7,12-13H,3,8-9H2,1-2H3. The summed E-state index contributed by atoms with van der Waals surface area (Å²) in [5.74, 6) is 0. The van der Waals surface area contributed by atoms with E-state index in [1.54, 1.807) is 12.1 Å². The zero-order valence-electron chi connectivity index (χ0n) is 9.66. The topological polar surface area (TPSA) is 58.2 Å². The first kappa shape index (κ1) is 13.2. The van der Waals surface area contributed by atoms with Crippen LogP contribution < -0.4 is 10.0 Å². The Balaban J connectivity index is 2.68. The second-order valence-corrected chi connectivity index (χ2v) is 5.41. The van der Waals surface area contributed by atoms with Crippen molar-refractivity contribution in [2.75, 3.05) is 13.6 Å². The summed E-state index contributed by atoms with van der Waals surface area (Å²) in [6, 6.07) is 6.89. The molecule has 0 fully saturated rings. The van der Waals surface area contributed by atoms with Crippen LogP contribution in [0.4, 0.5) is 0 Å². The zero-order valence-corrected chi connectivity index (χ0v) is 10.5. The molecule has 0 aromatic heterocycles. The second-order valence-electron chi connectivity index (χ2n) is 3.53. The number of rotatable bonds is 6. The minimum absolute atomic E-state index is 0.300. The molecule has 0 bridgehead atoms. The maximum absolute atomic E-state index is 11.4. The van der Waals surface area contributed by atoms with Gasteiger partial charge in [0.05, 0.1) is 4.90 Å². The summed E-state index contributed by atoms with van der Waals surface area (Å²) in [4.78, 5) is 0.300. The highest BCUT2D eigenvalue weighted by atomic mass is 32.2. The molecule has 0 saturated carbocycles. The van der Waals surface area contributed by atoms with Gasteiger partial charge in [-0.25, -0.2) is 13.1 Å². The van der Waals surface area contributed by atoms with Crippen molar-refractivity contribution in [2.24, 2.45) is 0 Å². The number of sulfonamides is 1. The predicted octanol–water partition coefficient (Wildman–Crippen LogP) is 1.09. The van der Waals surface area contributed by atoms with Gasteiger partial charge in [0.25, 0.3) is 0 Å². The van der Waals surface area contributed by atoms with Crippen molar-refractivity contribution < 1.29 is 8.42 Å². The lowest BCUT2D eigenvalue weighted by molar-refractivity contribution is 0.588. The van der Waals surface area contributed by atoms with Crippen molar-refractivity contribution in [1.82, 2.24) is 10.0 Å². The van der Waals surface area contributed by atoms with Crippen LogP contribution >= 0.6 is 0 Å². The molecule has 0 saturated heterocycles. The van der Waals surface area contributed by atoms with Crippen LogP contribution in [0, 0.1) is 0 Å². The number of hydrogen-bond acceptors (Lipinski definition) is 3. The highest BCUT2D eigenvalue weighted by Crippen LogP contribution is 2.09. The molecule has 0 unspecified atom stereocenters. The van der Waals surface area contributed by atoms with Crippen molar-refractivity contribution in [2.45, 2.75) is 24.8 Å². The molecular weight excluding hydrogens is 224 g/mol. The lowest BCUT2D eigenvalue weighted by Crippen LogP contribution is -2.18. The molecule has 2 N–H and O–H groups in total. The third-order valence-electron chi connectivity index (χ3n) is 2.26. The van der Waals surface area contributed by atoms with Gasteiger partial charge in [-0.3, -0.25) is 0 Å². The zero-order chi connectivity index (χ0) is 12.0. The molecule has 0 atom stereocenters. The number of hydrogen-bond donors (Lipinski definition) is 2. The second kappa shape index (κ2) is 5.98. The van der Waals surface area contributed by atoms with E-state index in [1.807, 2.05) is 12.1 Å². The summed E-state index contributed by atoms with van der Waals surface area (Å²) in [5, 5.41) is 3.26. The predicted molar refractivity (Wildman–Crippen MR) is 64.7 cm³/mol. The van der Waals surface area contributed by atoms with Crippen molar-refractivity contribution in [3.8, 4) is 0 Å². The number of nitrogens with one attached hydrogen (secondary N) is 2. The summed E-state index contributed by atoms with van der Waals surface area (Å²) < 4.78 is 25.2. The lowest BCUT2D eigenvalue weighted by atomic mass is 10.2. The Labute approximate surface area is 97.1 Å². The average Bonchev–Trinajstić information content (AvgIpc) is 2.30. The van der Waals surface area contributed by atoms with E-state index in [2.05, 4.69) is 17.0 Å². The van der Waals surface area contributed by atoms with Crippen molar-refractivity contribution in [3.05, 3.63) is 29.8 Å². The largest absolute Gasteiger partial charge is 0.313 e. The maximum Gasteiger partial charge on any atom is 0.240 e. The molecule has 0 spiro atoms. The smallest absolute Gasteiger partial charge is 0.240 e. The Morgan fingerprint density at radius 3 is 2.31 bits per heavy atom. The van der Waals surface area contributed by atoms with Crippen LogP contribution in [0.3, 0.4) is 0 Å². The van der Waals surface area contributed by atoms with Crippen molar-refractivity contribution in [3.63, 3.8) is 0 Å². The minimum Gasteiger partial charge on any atom is -0.313 e. The highest BCUT2D eigenvalue weighted by molar-refractivity contribution is 7.89. The maximum atomic E-state index is 11.4. The van der Waals surface area contributed by atoms with Crippen LogP contribution in [0.1, 0.15) is 18.9 Å². The Hall–Kier alpha value is -0.910. The van der Waals surface area contributed by atoms with Crippen LogP contribution in [0.5, 0.6) is 0 Å². The van der Waals surface area contributed by atoms with Crippen LogP contribution in [-0.2, 0) is 16.6 Å². The molecule has 4 nitrogen and oxygen atoms in total. The summed E-state index contributed by atoms with van der Waals surface area (Å²) in [6.07, 6.45) is 1.09. The molecule has 0 aliphatic heterocycles. The molecule has 1 aromatic carbocycles. The van der Waals surface area contributed by atoms with E-state index in [4.69, 9.17) is 0 Å². The van der Waals surface area contributed by atoms with E-state index in [9.17, 15) is 8.42 Å². The van der Waals surface area contributed by atoms with E-state index >= 15 is 0 Å². The van der Waals surface area contributed by atoms with Crippen LogP contribution in [0.25, 0.3) is 0 Å². The average molecular weight is 242 g/mol. The molecule has 16 heavy (non-hydrogen) atoms. The fraction of sp³-hybridized carbons (Fsp3) is 0.455. The van der Waals surface area contributed by atoms with Gasteiger partial charge in [0.2, 0.25) is 10.0 Å². The quantitative estimate of drug-likeness (QED) is 0.734. The van der Waals surface area contributed by atoms with Crippen LogP contribution in [0.2, 0.25) is 0 Å². The van der Waals surface area contributed by atoms with Crippen LogP contribution in [0.15, 0.2) is 29.2 Å². The van der Waals surface area contributed by atoms with Gasteiger partial charge in [0, 0.05) is 6.54 Å². The Bertz CT molecular complexity index is 412. The van der Waals surface area contributed by atoms with Gasteiger partial charge in [-0.05, 0) is 37.7 Å². The molecule has 1 aromatic rings. The first-order chi connectivity index (χ1) is 7.60. The van der Waals surface area contributed by atoms with Crippen LogP contribution in [-0.4, -0.2) is 22.0 Å². The molecule has 0 heterocycles. The molecule has 0 radical (unpaired) electrons. The summed E-state index contributed by atoms with van der Waals surface area (Å²) in [6.45, 7) is 3.85. The van der Waals surface area contributed by atoms with E-state index in [0.717, 1.165) is 25.1 Å². The SMILES string of the molecule is CCCNCc1ccc(S(=O)(=O)NC)cc1. The van der Waals surface area contributed by atoms with Gasteiger partial charge < -0.3 is 5.32 Å². The molecular formula is C11H18N2O2S. The fourth-order valence-corrected chi connectivity index (χ4v) is 2.04. The van der Waals surface area contributed by atoms with Gasteiger partial charge in [-0.1, -0.05) is 19.1 Å². The van der Waals surface area contributed by atoms with Crippen molar-refractivity contribution >= 4 is 10.0 Å². The van der Waals surface area contributed by atoms with E-state index in [1.165, 1.54) is 7.05 Å². The third kappa shape index (κ3) is 3.59. The molecule has 0 aliphatic carbocycles. The monoisotopic (exact) mass is 242 g/mol. The third-order valence-corrected chi connectivity index (χ3v) is 3.69. The summed E-state index contributed by atoms with van der Waals surface area (Å²) in [7, 11) is -1.90. The summed E-state index contributed by atoms with van der Waals surface area (Å²) >= 11 is 0. The van der Waals surface area contributed by atoms with Crippen molar-refractivity contribution in [1.29, 1.82) is 0 Å². The fourth-order valence-electron chi connectivity index (χ4n) is 1.31. The Morgan fingerprint density at radius 2 is 1.81 bits per heavy atom. The van der Waals surface area contributed by atoms with E-state index in [-0.39, 0.29) is 0 Å². The highest BCUT2D eigenvalue weighted by Gasteiger charge is 2.09. The first-order valence-corrected chi connectivity index (χ1v) is 6.81. The van der Waals surface area contributed by atoms with Gasteiger partial charge >= 0.3 is 0 Å². The van der Waals surface area contributed by atoms with Gasteiger partial charge in [0.15, 0.2) is 0 Å². The Kier molecular flexibility index (Phi) is 4.92. The summed E-state index contributed by atoms with van der Waals surface area (Å²) in [5.41, 5.74) is 1.09.